The topological polar surface area (TPSA) is 71.6 Å². The van der Waals surface area contributed by atoms with Crippen molar-refractivity contribution in [3.8, 4) is 17.2 Å². The lowest BCUT2D eigenvalue weighted by molar-refractivity contribution is -0.142. The summed E-state index contributed by atoms with van der Waals surface area (Å²) in [5.41, 5.74) is 2.21. The number of benzene rings is 2. The number of rotatable bonds is 15. The number of hydrogen-bond donors (Lipinski definition) is 0. The van der Waals surface area contributed by atoms with Gasteiger partial charge in [-0.1, -0.05) is 24.3 Å². The number of methoxy groups -OCH3 is 2. The molecule has 1 fully saturated rings. The molecule has 2 aromatic carbocycles. The van der Waals surface area contributed by atoms with Crippen molar-refractivity contribution >= 4 is 23.2 Å². The van der Waals surface area contributed by atoms with Gasteiger partial charge >= 0.3 is 0 Å². The molecule has 3 aromatic rings. The molecule has 8 nitrogen and oxygen atoms in total. The molecule has 1 aliphatic rings. The molecule has 0 radical (unpaired) electrons. The van der Waals surface area contributed by atoms with E-state index in [1.165, 1.54) is 12.8 Å². The van der Waals surface area contributed by atoms with E-state index in [1.807, 2.05) is 53.4 Å². The summed E-state index contributed by atoms with van der Waals surface area (Å²) in [4.78, 5) is 34.2. The highest BCUT2D eigenvalue weighted by molar-refractivity contribution is 7.10. The van der Waals surface area contributed by atoms with Crippen molar-refractivity contribution < 1.29 is 23.8 Å². The molecule has 1 aliphatic heterocycles. The Balaban J connectivity index is 1.47. The van der Waals surface area contributed by atoms with Crippen LogP contribution in [0.25, 0.3) is 0 Å². The summed E-state index contributed by atoms with van der Waals surface area (Å²) in [5, 5.41) is 2.05. The second kappa shape index (κ2) is 15.4. The fourth-order valence-electron chi connectivity index (χ4n) is 4.91. The Kier molecular flexibility index (Phi) is 11.5. The zero-order valence-corrected chi connectivity index (χ0v) is 25.2. The van der Waals surface area contributed by atoms with E-state index >= 15 is 0 Å². The minimum absolute atomic E-state index is 0.0151. The number of nitrogens with zero attached hydrogens (tertiary/aromatic N) is 3. The van der Waals surface area contributed by atoms with Crippen LogP contribution in [0.1, 0.15) is 28.8 Å². The average molecular weight is 580 g/mol. The van der Waals surface area contributed by atoms with Gasteiger partial charge in [0.25, 0.3) is 5.91 Å². The maximum Gasteiger partial charge on any atom is 0.261 e. The highest BCUT2D eigenvalue weighted by Crippen LogP contribution is 2.28. The number of amides is 2. The summed E-state index contributed by atoms with van der Waals surface area (Å²) in [7, 11) is 3.23. The fraction of sp³-hybridized carbons (Fsp3) is 0.438. The Morgan fingerprint density at radius 2 is 1.66 bits per heavy atom. The van der Waals surface area contributed by atoms with E-state index in [9.17, 15) is 9.59 Å². The predicted molar refractivity (Wildman–Crippen MR) is 162 cm³/mol. The molecule has 1 saturated heterocycles. The third kappa shape index (κ3) is 8.96. The minimum Gasteiger partial charge on any atom is -0.493 e. The standard InChI is InChI=1S/C32H41N3O5S/c1-25-14-20-41-30(25)22-34(17-13-26-11-12-28(38-2)29(21-26)39-3)31(36)23-35(19-18-33-15-7-8-16-33)32(37)24-40-27-9-5-4-6-10-27/h4-6,9-12,14,20-21H,7-8,13,15-19,22-24H2,1-3H3. The van der Waals surface area contributed by atoms with E-state index in [0.29, 0.717) is 43.3 Å². The molecule has 4 rings (SSSR count). The molecule has 41 heavy (non-hydrogen) atoms. The Bertz CT molecular complexity index is 1260. The lowest BCUT2D eigenvalue weighted by Crippen LogP contribution is -2.47. The number of para-hydroxylation sites is 1. The number of ether oxygens (including phenoxy) is 3. The van der Waals surface area contributed by atoms with Crippen molar-refractivity contribution in [3.05, 3.63) is 76.0 Å². The third-order valence-corrected chi connectivity index (χ3v) is 8.45. The van der Waals surface area contributed by atoms with Gasteiger partial charge < -0.3 is 28.9 Å². The summed E-state index contributed by atoms with van der Waals surface area (Å²) in [6.07, 6.45) is 3.00. The van der Waals surface area contributed by atoms with Crippen LogP contribution < -0.4 is 14.2 Å². The van der Waals surface area contributed by atoms with E-state index in [4.69, 9.17) is 14.2 Å². The first-order valence-corrected chi connectivity index (χ1v) is 15.0. The molecule has 0 aliphatic carbocycles. The average Bonchev–Trinajstić information content (AvgIpc) is 3.67. The van der Waals surface area contributed by atoms with Gasteiger partial charge in [-0.15, -0.1) is 11.3 Å². The Labute approximate surface area is 247 Å². The molecule has 0 unspecified atom stereocenters. The molecule has 1 aromatic heterocycles. The van der Waals surface area contributed by atoms with Crippen molar-refractivity contribution in [2.24, 2.45) is 0 Å². The molecular weight excluding hydrogens is 538 g/mol. The first-order chi connectivity index (χ1) is 20.0. The quantitative estimate of drug-likeness (QED) is 0.261. The molecule has 0 atom stereocenters. The van der Waals surface area contributed by atoms with Crippen molar-refractivity contribution in [1.29, 1.82) is 0 Å². The monoisotopic (exact) mass is 579 g/mol. The van der Waals surface area contributed by atoms with Crippen LogP contribution in [-0.2, 0) is 22.6 Å². The molecule has 9 heteroatoms. The molecule has 0 N–H and O–H groups in total. The SMILES string of the molecule is COc1ccc(CCN(Cc2sccc2C)C(=O)CN(CCN2CCCC2)C(=O)COc2ccccc2)cc1OC. The zero-order valence-electron chi connectivity index (χ0n) is 24.3. The highest BCUT2D eigenvalue weighted by Gasteiger charge is 2.24. The van der Waals surface area contributed by atoms with Crippen molar-refractivity contribution in [2.45, 2.75) is 32.7 Å². The fourth-order valence-corrected chi connectivity index (χ4v) is 5.83. The first-order valence-electron chi connectivity index (χ1n) is 14.2. The van der Waals surface area contributed by atoms with E-state index in [1.54, 1.807) is 30.5 Å². The predicted octanol–water partition coefficient (Wildman–Crippen LogP) is 4.65. The molecule has 2 amide bonds. The van der Waals surface area contributed by atoms with Crippen LogP contribution in [0, 0.1) is 6.92 Å². The van der Waals surface area contributed by atoms with E-state index < -0.39 is 0 Å². The van der Waals surface area contributed by atoms with Crippen LogP contribution in [-0.4, -0.2) is 86.6 Å². The maximum absolute atomic E-state index is 13.8. The van der Waals surface area contributed by atoms with Gasteiger partial charge in [0.2, 0.25) is 5.91 Å². The van der Waals surface area contributed by atoms with E-state index in [2.05, 4.69) is 23.3 Å². The van der Waals surface area contributed by atoms with Crippen LogP contribution in [0.4, 0.5) is 0 Å². The number of carbonyl (C=O) groups is 2. The van der Waals surface area contributed by atoms with Gasteiger partial charge in [-0.05, 0) is 86.1 Å². The highest BCUT2D eigenvalue weighted by atomic mass is 32.1. The molecule has 0 bridgehead atoms. The van der Waals surface area contributed by atoms with Crippen LogP contribution in [0.2, 0.25) is 0 Å². The summed E-state index contributed by atoms with van der Waals surface area (Å²) >= 11 is 1.65. The smallest absolute Gasteiger partial charge is 0.261 e. The van der Waals surface area contributed by atoms with Gasteiger partial charge in [0.1, 0.15) is 5.75 Å². The van der Waals surface area contributed by atoms with Gasteiger partial charge in [0.05, 0.1) is 27.3 Å². The Morgan fingerprint density at radius 1 is 0.902 bits per heavy atom. The van der Waals surface area contributed by atoms with Crippen LogP contribution in [0.15, 0.2) is 60.0 Å². The lowest BCUT2D eigenvalue weighted by Gasteiger charge is -2.29. The number of carbonyl (C=O) groups excluding carboxylic acids is 2. The van der Waals surface area contributed by atoms with Gasteiger partial charge in [-0.2, -0.15) is 0 Å². The second-order valence-corrected chi connectivity index (χ2v) is 11.2. The number of likely N-dealkylation sites (tertiary alicyclic amines) is 1. The summed E-state index contributed by atoms with van der Waals surface area (Å²) in [6.45, 7) is 6.30. The lowest BCUT2D eigenvalue weighted by atomic mass is 10.1. The third-order valence-electron chi connectivity index (χ3n) is 7.44. The summed E-state index contributed by atoms with van der Waals surface area (Å²) in [5.74, 6) is 1.70. The number of thiophene rings is 1. The number of hydrogen-bond acceptors (Lipinski definition) is 7. The zero-order chi connectivity index (χ0) is 29.0. The molecule has 0 saturated carbocycles. The molecule has 220 valence electrons. The van der Waals surface area contributed by atoms with Gasteiger partial charge in [0, 0.05) is 24.5 Å². The van der Waals surface area contributed by atoms with Crippen LogP contribution in [0.5, 0.6) is 17.2 Å². The van der Waals surface area contributed by atoms with Crippen LogP contribution >= 0.6 is 11.3 Å². The molecule has 0 spiro atoms. The van der Waals surface area contributed by atoms with E-state index in [0.717, 1.165) is 35.6 Å². The normalized spacial score (nSPS) is 13.1. The van der Waals surface area contributed by atoms with Crippen molar-refractivity contribution in [2.75, 3.05) is 60.1 Å². The van der Waals surface area contributed by atoms with Crippen LogP contribution in [0.3, 0.4) is 0 Å². The van der Waals surface area contributed by atoms with Gasteiger partial charge in [-0.3, -0.25) is 9.59 Å². The molecular formula is C32H41N3O5S. The first kappa shape index (κ1) is 30.4. The second-order valence-electron chi connectivity index (χ2n) is 10.2. The Hall–Kier alpha value is -3.56. The Morgan fingerprint density at radius 3 is 2.34 bits per heavy atom. The van der Waals surface area contributed by atoms with Gasteiger partial charge in [-0.25, -0.2) is 0 Å². The number of aryl methyl sites for hydroxylation is 1. The largest absolute Gasteiger partial charge is 0.493 e. The van der Waals surface area contributed by atoms with Crippen molar-refractivity contribution in [1.82, 2.24) is 14.7 Å². The van der Waals surface area contributed by atoms with Crippen molar-refractivity contribution in [3.63, 3.8) is 0 Å². The molecule has 2 heterocycles. The van der Waals surface area contributed by atoms with E-state index in [-0.39, 0.29) is 25.0 Å². The summed E-state index contributed by atoms with van der Waals surface area (Å²) in [6, 6.07) is 17.2. The summed E-state index contributed by atoms with van der Waals surface area (Å²) < 4.78 is 16.6. The van der Waals surface area contributed by atoms with Gasteiger partial charge in [0.15, 0.2) is 18.1 Å². The minimum atomic E-state index is -0.187. The maximum atomic E-state index is 13.8.